The van der Waals surface area contributed by atoms with Gasteiger partial charge in [0.15, 0.2) is 0 Å². The fourth-order valence-electron chi connectivity index (χ4n) is 3.03. The van der Waals surface area contributed by atoms with Gasteiger partial charge >= 0.3 is 35.2 Å². The molecule has 0 atom stereocenters. The molecule has 5 heteroatoms. The van der Waals surface area contributed by atoms with E-state index in [1.165, 1.54) is 0 Å². The Hall–Kier alpha value is -1.75. The molecule has 0 spiro atoms. The summed E-state index contributed by atoms with van der Waals surface area (Å²) in [7, 11) is 0. The first-order valence-corrected chi connectivity index (χ1v) is 7.03. The average molecular weight is 316 g/mol. The third-order valence-corrected chi connectivity index (χ3v) is 4.04. The summed E-state index contributed by atoms with van der Waals surface area (Å²) in [6.45, 7) is 3.97. The van der Waals surface area contributed by atoms with E-state index in [1.807, 2.05) is 38.1 Å². The second kappa shape index (κ2) is 5.41. The molecule has 2 heterocycles. The fraction of sp³-hybridized carbons (Fsp3) is 0.167. The molecule has 0 radical (unpaired) electrons. The minimum Gasteiger partial charge on any atom is -0.872 e. The SMILES string of the molecule is CC1(C)Oc2cc3oc(=O)cc([O-])c3cc2-c2ccccc21.[Na+]. The van der Waals surface area contributed by atoms with Crippen LogP contribution in [-0.4, -0.2) is 0 Å². The topological polar surface area (TPSA) is 62.5 Å². The Morgan fingerprint density at radius 1 is 1.04 bits per heavy atom. The van der Waals surface area contributed by atoms with E-state index in [4.69, 9.17) is 9.15 Å². The predicted octanol–water partition coefficient (Wildman–Crippen LogP) is 0.165. The zero-order valence-corrected chi connectivity index (χ0v) is 15.2. The van der Waals surface area contributed by atoms with Crippen LogP contribution in [0.15, 0.2) is 51.7 Å². The van der Waals surface area contributed by atoms with Crippen LogP contribution in [0.5, 0.6) is 11.5 Å². The maximum absolute atomic E-state index is 12.0. The molecule has 0 fully saturated rings. The number of benzene rings is 2. The smallest absolute Gasteiger partial charge is 0.872 e. The standard InChI is InChI=1S/C18H14O4.Na/c1-18(2)13-6-4-3-5-10(13)11-7-12-14(19)8-17(20)21-15(12)9-16(11)22-18;/h3-9,19H,1-2H3;/q;+1/p-1. The van der Waals surface area contributed by atoms with Gasteiger partial charge in [-0.15, -0.1) is 0 Å². The first kappa shape index (κ1) is 16.1. The van der Waals surface area contributed by atoms with E-state index in [-0.39, 0.29) is 40.9 Å². The quantitative estimate of drug-likeness (QED) is 0.438. The summed E-state index contributed by atoms with van der Waals surface area (Å²) in [4.78, 5) is 11.4. The Balaban J connectivity index is 0.00000156. The molecule has 4 nitrogen and oxygen atoms in total. The van der Waals surface area contributed by atoms with Crippen molar-refractivity contribution in [2.45, 2.75) is 19.4 Å². The first-order valence-electron chi connectivity index (χ1n) is 7.03. The summed E-state index contributed by atoms with van der Waals surface area (Å²) in [5.74, 6) is 0.279. The normalized spacial score (nSPS) is 14.3. The van der Waals surface area contributed by atoms with Crippen molar-refractivity contribution in [3.63, 3.8) is 0 Å². The molecule has 0 aliphatic carbocycles. The fourth-order valence-corrected chi connectivity index (χ4v) is 3.03. The Labute approximate surface area is 155 Å². The van der Waals surface area contributed by atoms with Crippen LogP contribution < -0.4 is 45.0 Å². The molecule has 23 heavy (non-hydrogen) atoms. The van der Waals surface area contributed by atoms with Crippen molar-refractivity contribution in [2.75, 3.05) is 0 Å². The minimum atomic E-state index is -0.645. The molecule has 0 saturated heterocycles. The molecule has 0 bridgehead atoms. The van der Waals surface area contributed by atoms with E-state index in [2.05, 4.69) is 0 Å². The molecule has 4 rings (SSSR count). The third-order valence-electron chi connectivity index (χ3n) is 4.04. The zero-order valence-electron chi connectivity index (χ0n) is 13.2. The number of fused-ring (bicyclic) bond motifs is 4. The van der Waals surface area contributed by atoms with E-state index in [0.29, 0.717) is 11.1 Å². The van der Waals surface area contributed by atoms with Gasteiger partial charge in [0.05, 0.1) is 0 Å². The van der Waals surface area contributed by atoms with Gasteiger partial charge in [0, 0.05) is 28.6 Å². The van der Waals surface area contributed by atoms with Crippen molar-refractivity contribution in [1.82, 2.24) is 0 Å². The van der Waals surface area contributed by atoms with Gasteiger partial charge in [0.2, 0.25) is 0 Å². The largest absolute Gasteiger partial charge is 1.00 e. The molecule has 0 N–H and O–H groups in total. The van der Waals surface area contributed by atoms with Gasteiger partial charge in [-0.1, -0.05) is 30.0 Å². The van der Waals surface area contributed by atoms with Crippen molar-refractivity contribution >= 4 is 11.0 Å². The van der Waals surface area contributed by atoms with Crippen molar-refractivity contribution in [2.24, 2.45) is 0 Å². The van der Waals surface area contributed by atoms with Crippen LogP contribution in [0.2, 0.25) is 0 Å². The van der Waals surface area contributed by atoms with Crippen molar-refractivity contribution in [3.8, 4) is 22.6 Å². The van der Waals surface area contributed by atoms with Gasteiger partial charge in [-0.2, -0.15) is 0 Å². The number of ether oxygens (including phenoxy) is 1. The summed E-state index contributed by atoms with van der Waals surface area (Å²) in [6.07, 6.45) is 0. The van der Waals surface area contributed by atoms with Gasteiger partial charge in [-0.05, 0) is 25.5 Å². The van der Waals surface area contributed by atoms with E-state index in [1.54, 1.807) is 12.1 Å². The molecule has 1 aliphatic heterocycles. The van der Waals surface area contributed by atoms with Gasteiger partial charge in [-0.3, -0.25) is 0 Å². The van der Waals surface area contributed by atoms with Gasteiger partial charge in [0.25, 0.3) is 0 Å². The van der Waals surface area contributed by atoms with E-state index in [0.717, 1.165) is 22.8 Å². The molecule has 1 aromatic heterocycles. The third kappa shape index (κ3) is 2.47. The monoisotopic (exact) mass is 316 g/mol. The Kier molecular flexibility index (Phi) is 3.79. The van der Waals surface area contributed by atoms with Crippen LogP contribution in [0.3, 0.4) is 0 Å². The molecule has 2 aromatic carbocycles. The molecule has 1 aliphatic rings. The van der Waals surface area contributed by atoms with Crippen LogP contribution in [0.25, 0.3) is 22.1 Å². The van der Waals surface area contributed by atoms with Crippen LogP contribution in [0.1, 0.15) is 19.4 Å². The first-order chi connectivity index (χ1) is 10.5. The van der Waals surface area contributed by atoms with E-state index < -0.39 is 11.2 Å². The second-order valence-corrected chi connectivity index (χ2v) is 5.93. The molecule has 110 valence electrons. The number of hydrogen-bond acceptors (Lipinski definition) is 4. The van der Waals surface area contributed by atoms with E-state index in [9.17, 15) is 9.90 Å². The van der Waals surface area contributed by atoms with Crippen LogP contribution >= 0.6 is 0 Å². The maximum atomic E-state index is 12.0. The van der Waals surface area contributed by atoms with Crippen molar-refractivity contribution < 1.29 is 43.8 Å². The predicted molar refractivity (Wildman–Crippen MR) is 81.0 cm³/mol. The summed E-state index contributed by atoms with van der Waals surface area (Å²) in [6, 6.07) is 12.3. The van der Waals surface area contributed by atoms with Crippen molar-refractivity contribution in [3.05, 3.63) is 58.4 Å². The van der Waals surface area contributed by atoms with Gasteiger partial charge in [0.1, 0.15) is 16.9 Å². The zero-order chi connectivity index (χ0) is 15.5. The molecule has 0 amide bonds. The van der Waals surface area contributed by atoms with Crippen LogP contribution in [0.4, 0.5) is 0 Å². The molecule has 0 saturated carbocycles. The van der Waals surface area contributed by atoms with Crippen LogP contribution in [0, 0.1) is 0 Å². The summed E-state index contributed by atoms with van der Waals surface area (Å²) >= 11 is 0. The second-order valence-electron chi connectivity index (χ2n) is 5.93. The molecule has 3 aromatic rings. The van der Waals surface area contributed by atoms with E-state index >= 15 is 0 Å². The van der Waals surface area contributed by atoms with Gasteiger partial charge < -0.3 is 14.3 Å². The average Bonchev–Trinajstić information content (AvgIpc) is 2.45. The minimum absolute atomic E-state index is 0. The Bertz CT molecular complexity index is 972. The summed E-state index contributed by atoms with van der Waals surface area (Å²) < 4.78 is 11.2. The molecule has 0 unspecified atom stereocenters. The number of hydrogen-bond donors (Lipinski definition) is 0. The number of rotatable bonds is 0. The Morgan fingerprint density at radius 2 is 1.78 bits per heavy atom. The summed E-state index contributed by atoms with van der Waals surface area (Å²) in [5.41, 5.74) is 2.05. The summed E-state index contributed by atoms with van der Waals surface area (Å²) in [5, 5.41) is 12.4. The maximum Gasteiger partial charge on any atom is 1.00 e. The molecular formula is C18H13NaO4. The van der Waals surface area contributed by atoms with Gasteiger partial charge in [-0.25, -0.2) is 4.79 Å². The Morgan fingerprint density at radius 3 is 2.57 bits per heavy atom. The molecular weight excluding hydrogens is 303 g/mol. The van der Waals surface area contributed by atoms with Crippen LogP contribution in [-0.2, 0) is 5.60 Å². The van der Waals surface area contributed by atoms with Crippen molar-refractivity contribution in [1.29, 1.82) is 0 Å².